The largest absolute Gasteiger partial charge is 0.391 e. The maximum atomic E-state index is 10.0. The van der Waals surface area contributed by atoms with Crippen LogP contribution in [0.5, 0.6) is 0 Å². The monoisotopic (exact) mass is 233 g/mol. The van der Waals surface area contributed by atoms with Crippen LogP contribution in [0.25, 0.3) is 0 Å². The number of anilines is 1. The minimum atomic E-state index is -0.191. The molecule has 0 amide bonds. The third kappa shape index (κ3) is 2.81. The highest BCUT2D eigenvalue weighted by Gasteiger charge is 2.23. The Morgan fingerprint density at radius 2 is 1.65 bits per heavy atom. The lowest BCUT2D eigenvalue weighted by atomic mass is 9.91. The molecule has 1 aliphatic rings. The van der Waals surface area contributed by atoms with Crippen LogP contribution in [-0.2, 0) is 0 Å². The first-order chi connectivity index (χ1) is 8.08. The van der Waals surface area contributed by atoms with Gasteiger partial charge in [0.1, 0.15) is 0 Å². The van der Waals surface area contributed by atoms with Crippen LogP contribution in [0.1, 0.15) is 42.4 Å². The fraction of sp³-hybridized carbons (Fsp3) is 0.600. The van der Waals surface area contributed by atoms with Crippen molar-refractivity contribution in [1.29, 1.82) is 0 Å². The van der Waals surface area contributed by atoms with Crippen molar-refractivity contribution in [1.82, 2.24) is 0 Å². The van der Waals surface area contributed by atoms with Crippen molar-refractivity contribution in [3.8, 4) is 0 Å². The zero-order valence-corrected chi connectivity index (χ0v) is 11.1. The summed E-state index contributed by atoms with van der Waals surface area (Å²) in [6, 6.07) is 4.62. The SMILES string of the molecule is Cc1cc(C)c(N[C@@H]2CCCC[C@H]2O)c(C)c1. The lowest BCUT2D eigenvalue weighted by Gasteiger charge is -2.30. The third-order valence-corrected chi connectivity index (χ3v) is 3.74. The summed E-state index contributed by atoms with van der Waals surface area (Å²) in [4.78, 5) is 0. The lowest BCUT2D eigenvalue weighted by molar-refractivity contribution is 0.116. The molecule has 1 saturated carbocycles. The van der Waals surface area contributed by atoms with Gasteiger partial charge in [-0.05, 0) is 44.7 Å². The van der Waals surface area contributed by atoms with Gasteiger partial charge in [0.2, 0.25) is 0 Å². The molecule has 2 rings (SSSR count). The van der Waals surface area contributed by atoms with Gasteiger partial charge in [0.05, 0.1) is 12.1 Å². The summed E-state index contributed by atoms with van der Waals surface area (Å²) < 4.78 is 0. The molecule has 0 spiro atoms. The predicted molar refractivity (Wildman–Crippen MR) is 72.5 cm³/mol. The van der Waals surface area contributed by atoms with Gasteiger partial charge in [0.25, 0.3) is 0 Å². The molecule has 2 nitrogen and oxygen atoms in total. The summed E-state index contributed by atoms with van der Waals surface area (Å²) >= 11 is 0. The Balaban J connectivity index is 2.17. The van der Waals surface area contributed by atoms with Gasteiger partial charge < -0.3 is 10.4 Å². The number of benzene rings is 1. The molecule has 0 aromatic heterocycles. The molecule has 2 heteroatoms. The predicted octanol–water partition coefficient (Wildman–Crippen LogP) is 3.33. The van der Waals surface area contributed by atoms with E-state index in [4.69, 9.17) is 0 Å². The zero-order chi connectivity index (χ0) is 12.4. The van der Waals surface area contributed by atoms with E-state index in [2.05, 4.69) is 38.2 Å². The number of rotatable bonds is 2. The van der Waals surface area contributed by atoms with Gasteiger partial charge in [0.15, 0.2) is 0 Å². The number of hydrogen-bond acceptors (Lipinski definition) is 2. The highest BCUT2D eigenvalue weighted by atomic mass is 16.3. The molecular weight excluding hydrogens is 210 g/mol. The first-order valence-corrected chi connectivity index (χ1v) is 6.60. The Morgan fingerprint density at radius 1 is 1.06 bits per heavy atom. The lowest BCUT2D eigenvalue weighted by Crippen LogP contribution is -2.36. The smallest absolute Gasteiger partial charge is 0.0741 e. The van der Waals surface area contributed by atoms with Crippen molar-refractivity contribution < 1.29 is 5.11 Å². The van der Waals surface area contributed by atoms with Crippen LogP contribution in [0.3, 0.4) is 0 Å². The zero-order valence-electron chi connectivity index (χ0n) is 11.1. The van der Waals surface area contributed by atoms with Crippen molar-refractivity contribution >= 4 is 5.69 Å². The summed E-state index contributed by atoms with van der Waals surface area (Å²) in [7, 11) is 0. The quantitative estimate of drug-likeness (QED) is 0.821. The van der Waals surface area contributed by atoms with Gasteiger partial charge >= 0.3 is 0 Å². The number of hydrogen-bond donors (Lipinski definition) is 2. The molecule has 17 heavy (non-hydrogen) atoms. The minimum absolute atomic E-state index is 0.191. The summed E-state index contributed by atoms with van der Waals surface area (Å²) in [6.45, 7) is 6.40. The van der Waals surface area contributed by atoms with E-state index in [9.17, 15) is 5.11 Å². The highest BCUT2D eigenvalue weighted by Crippen LogP contribution is 2.27. The number of nitrogens with one attached hydrogen (secondary N) is 1. The molecule has 1 aliphatic carbocycles. The average molecular weight is 233 g/mol. The van der Waals surface area contributed by atoms with E-state index in [1.54, 1.807) is 0 Å². The second kappa shape index (κ2) is 5.09. The van der Waals surface area contributed by atoms with Crippen molar-refractivity contribution in [2.45, 2.75) is 58.6 Å². The van der Waals surface area contributed by atoms with Gasteiger partial charge in [-0.3, -0.25) is 0 Å². The second-order valence-corrected chi connectivity index (χ2v) is 5.38. The molecule has 0 heterocycles. The van der Waals surface area contributed by atoms with Gasteiger partial charge in [0, 0.05) is 5.69 Å². The summed E-state index contributed by atoms with van der Waals surface area (Å²) in [5.74, 6) is 0. The fourth-order valence-electron chi connectivity index (χ4n) is 2.87. The molecule has 0 unspecified atom stereocenters. The van der Waals surface area contributed by atoms with Crippen LogP contribution in [0.4, 0.5) is 5.69 Å². The van der Waals surface area contributed by atoms with Gasteiger partial charge in [-0.2, -0.15) is 0 Å². The van der Waals surface area contributed by atoms with E-state index in [0.717, 1.165) is 19.3 Å². The van der Waals surface area contributed by atoms with E-state index < -0.39 is 0 Å². The van der Waals surface area contributed by atoms with Crippen molar-refractivity contribution in [2.24, 2.45) is 0 Å². The molecule has 94 valence electrons. The molecule has 1 aromatic rings. The van der Waals surface area contributed by atoms with Crippen molar-refractivity contribution in [3.05, 3.63) is 28.8 Å². The summed E-state index contributed by atoms with van der Waals surface area (Å²) in [5.41, 5.74) is 5.07. The first-order valence-electron chi connectivity index (χ1n) is 6.60. The molecule has 2 atom stereocenters. The van der Waals surface area contributed by atoms with Crippen LogP contribution < -0.4 is 5.32 Å². The van der Waals surface area contributed by atoms with E-state index in [-0.39, 0.29) is 12.1 Å². The van der Waals surface area contributed by atoms with Gasteiger partial charge in [-0.25, -0.2) is 0 Å². The van der Waals surface area contributed by atoms with Crippen LogP contribution in [0, 0.1) is 20.8 Å². The second-order valence-electron chi connectivity index (χ2n) is 5.38. The topological polar surface area (TPSA) is 32.3 Å². The molecule has 0 bridgehead atoms. The van der Waals surface area contributed by atoms with Crippen molar-refractivity contribution in [2.75, 3.05) is 5.32 Å². The minimum Gasteiger partial charge on any atom is -0.391 e. The maximum absolute atomic E-state index is 10.0. The normalized spacial score (nSPS) is 24.7. The number of aliphatic hydroxyl groups excluding tert-OH is 1. The molecule has 0 aliphatic heterocycles. The summed E-state index contributed by atoms with van der Waals surface area (Å²) in [6.07, 6.45) is 4.20. The van der Waals surface area contributed by atoms with Crippen LogP contribution in [-0.4, -0.2) is 17.3 Å². The van der Waals surface area contributed by atoms with Crippen LogP contribution in [0.15, 0.2) is 12.1 Å². The fourth-order valence-corrected chi connectivity index (χ4v) is 2.87. The standard InChI is InChI=1S/C15H23NO/c1-10-8-11(2)15(12(3)9-10)16-13-6-4-5-7-14(13)17/h8-9,13-14,16-17H,4-7H2,1-3H3/t13-,14-/m1/s1. The first kappa shape index (κ1) is 12.4. The van der Waals surface area contributed by atoms with E-state index >= 15 is 0 Å². The van der Waals surface area contributed by atoms with E-state index in [0.29, 0.717) is 0 Å². The van der Waals surface area contributed by atoms with E-state index in [1.807, 2.05) is 0 Å². The molecular formula is C15H23NO. The van der Waals surface area contributed by atoms with Crippen LogP contribution >= 0.6 is 0 Å². The molecule has 1 aromatic carbocycles. The number of aliphatic hydroxyl groups is 1. The number of aryl methyl sites for hydroxylation is 3. The van der Waals surface area contributed by atoms with E-state index in [1.165, 1.54) is 28.8 Å². The Bertz CT molecular complexity index is 377. The Labute approximate surface area is 104 Å². The summed E-state index contributed by atoms with van der Waals surface area (Å²) in [5, 5.41) is 13.5. The van der Waals surface area contributed by atoms with Gasteiger partial charge in [-0.1, -0.05) is 30.5 Å². The average Bonchev–Trinajstić information content (AvgIpc) is 2.25. The Kier molecular flexibility index (Phi) is 3.72. The third-order valence-electron chi connectivity index (χ3n) is 3.74. The van der Waals surface area contributed by atoms with Crippen LogP contribution in [0.2, 0.25) is 0 Å². The highest BCUT2D eigenvalue weighted by molar-refractivity contribution is 5.58. The molecule has 1 fully saturated rings. The molecule has 0 saturated heterocycles. The van der Waals surface area contributed by atoms with Gasteiger partial charge in [-0.15, -0.1) is 0 Å². The maximum Gasteiger partial charge on any atom is 0.0741 e. The Morgan fingerprint density at radius 3 is 2.24 bits per heavy atom. The van der Waals surface area contributed by atoms with Crippen molar-refractivity contribution in [3.63, 3.8) is 0 Å². The molecule has 2 N–H and O–H groups in total. The Hall–Kier alpha value is -1.02. The molecule has 0 radical (unpaired) electrons.